The Kier molecular flexibility index (Phi) is 5.21. The Morgan fingerprint density at radius 2 is 2.05 bits per heavy atom. The van der Waals surface area contributed by atoms with Crippen LogP contribution in [-0.4, -0.2) is 18.1 Å². The van der Waals surface area contributed by atoms with Crippen LogP contribution < -0.4 is 10.1 Å². The van der Waals surface area contributed by atoms with Gasteiger partial charge in [0.25, 0.3) is 0 Å². The number of benzene rings is 1. The SMILES string of the molecule is Cc1cc(NCCCOc2ccccc2)ncc1Br. The summed E-state index contributed by atoms with van der Waals surface area (Å²) >= 11 is 3.44. The third-order valence-electron chi connectivity index (χ3n) is 2.69. The lowest BCUT2D eigenvalue weighted by Crippen LogP contribution is -2.08. The van der Waals surface area contributed by atoms with Gasteiger partial charge in [-0.25, -0.2) is 4.98 Å². The van der Waals surface area contributed by atoms with Crippen molar-refractivity contribution in [2.24, 2.45) is 0 Å². The number of hydrogen-bond acceptors (Lipinski definition) is 3. The van der Waals surface area contributed by atoms with Crippen molar-refractivity contribution in [1.29, 1.82) is 0 Å². The van der Waals surface area contributed by atoms with Gasteiger partial charge in [0.1, 0.15) is 11.6 Å². The molecule has 0 amide bonds. The number of para-hydroxylation sites is 1. The van der Waals surface area contributed by atoms with Crippen molar-refractivity contribution in [3.8, 4) is 5.75 Å². The van der Waals surface area contributed by atoms with Crippen LogP contribution >= 0.6 is 15.9 Å². The van der Waals surface area contributed by atoms with Crippen LogP contribution in [0.15, 0.2) is 47.1 Å². The van der Waals surface area contributed by atoms with E-state index in [1.165, 1.54) is 5.56 Å². The highest BCUT2D eigenvalue weighted by Gasteiger charge is 1.98. The monoisotopic (exact) mass is 320 g/mol. The molecule has 4 heteroatoms. The minimum absolute atomic E-state index is 0.701. The topological polar surface area (TPSA) is 34.1 Å². The van der Waals surface area contributed by atoms with Crippen molar-refractivity contribution in [3.63, 3.8) is 0 Å². The van der Waals surface area contributed by atoms with Gasteiger partial charge < -0.3 is 10.1 Å². The molecule has 1 N–H and O–H groups in total. The minimum atomic E-state index is 0.701. The molecule has 0 saturated carbocycles. The van der Waals surface area contributed by atoms with Crippen LogP contribution in [-0.2, 0) is 0 Å². The summed E-state index contributed by atoms with van der Waals surface area (Å²) in [6.07, 6.45) is 2.75. The van der Waals surface area contributed by atoms with Crippen LogP contribution in [0.5, 0.6) is 5.75 Å². The number of hydrogen-bond donors (Lipinski definition) is 1. The summed E-state index contributed by atoms with van der Waals surface area (Å²) in [6, 6.07) is 11.9. The van der Waals surface area contributed by atoms with Crippen LogP contribution in [0, 0.1) is 6.92 Å². The molecule has 0 bridgehead atoms. The molecule has 0 atom stereocenters. The molecule has 0 unspecified atom stereocenters. The highest BCUT2D eigenvalue weighted by molar-refractivity contribution is 9.10. The summed E-state index contributed by atoms with van der Waals surface area (Å²) in [5, 5.41) is 3.29. The van der Waals surface area contributed by atoms with Crippen molar-refractivity contribution in [2.45, 2.75) is 13.3 Å². The second-order valence-electron chi connectivity index (χ2n) is 4.26. The Hall–Kier alpha value is -1.55. The summed E-state index contributed by atoms with van der Waals surface area (Å²) in [4.78, 5) is 4.30. The third kappa shape index (κ3) is 4.56. The van der Waals surface area contributed by atoms with Gasteiger partial charge in [-0.2, -0.15) is 0 Å². The molecule has 0 aliphatic heterocycles. The number of aromatic nitrogens is 1. The first kappa shape index (κ1) is 13.9. The maximum absolute atomic E-state index is 5.62. The predicted molar refractivity (Wildman–Crippen MR) is 81.7 cm³/mol. The Balaban J connectivity index is 1.68. The molecule has 0 aliphatic rings. The Bertz CT molecular complexity index is 517. The zero-order valence-corrected chi connectivity index (χ0v) is 12.5. The number of aryl methyl sites for hydroxylation is 1. The first-order valence-corrected chi connectivity index (χ1v) is 7.09. The normalized spacial score (nSPS) is 10.2. The maximum atomic E-state index is 5.62. The second-order valence-corrected chi connectivity index (χ2v) is 5.11. The molecule has 1 heterocycles. The van der Waals surface area contributed by atoms with Crippen molar-refractivity contribution in [3.05, 3.63) is 52.6 Å². The van der Waals surface area contributed by atoms with Gasteiger partial charge in [0.05, 0.1) is 6.61 Å². The van der Waals surface area contributed by atoms with Crippen LogP contribution in [0.4, 0.5) is 5.82 Å². The molecular formula is C15H17BrN2O. The molecular weight excluding hydrogens is 304 g/mol. The number of ether oxygens (including phenoxy) is 1. The van der Waals surface area contributed by atoms with E-state index in [9.17, 15) is 0 Å². The Morgan fingerprint density at radius 1 is 1.26 bits per heavy atom. The third-order valence-corrected chi connectivity index (χ3v) is 3.52. The van der Waals surface area contributed by atoms with E-state index >= 15 is 0 Å². The molecule has 1 aromatic carbocycles. The van der Waals surface area contributed by atoms with E-state index in [1.54, 1.807) is 0 Å². The van der Waals surface area contributed by atoms with E-state index in [4.69, 9.17) is 4.74 Å². The molecule has 2 aromatic rings. The lowest BCUT2D eigenvalue weighted by Gasteiger charge is -2.08. The van der Waals surface area contributed by atoms with E-state index in [-0.39, 0.29) is 0 Å². The van der Waals surface area contributed by atoms with Gasteiger partial charge >= 0.3 is 0 Å². The number of halogens is 1. The molecule has 19 heavy (non-hydrogen) atoms. The van der Waals surface area contributed by atoms with Gasteiger partial charge in [-0.15, -0.1) is 0 Å². The number of nitrogens with one attached hydrogen (secondary N) is 1. The fraction of sp³-hybridized carbons (Fsp3) is 0.267. The van der Waals surface area contributed by atoms with Gasteiger partial charge in [-0.3, -0.25) is 0 Å². The van der Waals surface area contributed by atoms with Crippen molar-refractivity contribution < 1.29 is 4.74 Å². The number of anilines is 1. The highest BCUT2D eigenvalue weighted by atomic mass is 79.9. The van der Waals surface area contributed by atoms with E-state index in [0.29, 0.717) is 6.61 Å². The largest absolute Gasteiger partial charge is 0.494 e. The van der Waals surface area contributed by atoms with E-state index < -0.39 is 0 Å². The summed E-state index contributed by atoms with van der Waals surface area (Å²) in [7, 11) is 0. The highest BCUT2D eigenvalue weighted by Crippen LogP contribution is 2.17. The molecule has 100 valence electrons. The average molecular weight is 321 g/mol. The quantitative estimate of drug-likeness (QED) is 0.816. The van der Waals surface area contributed by atoms with Gasteiger partial charge in [-0.05, 0) is 53.0 Å². The first-order chi connectivity index (χ1) is 9.25. The molecule has 0 spiro atoms. The van der Waals surface area contributed by atoms with Crippen molar-refractivity contribution in [2.75, 3.05) is 18.5 Å². The van der Waals surface area contributed by atoms with Crippen LogP contribution in [0.3, 0.4) is 0 Å². The minimum Gasteiger partial charge on any atom is -0.494 e. The van der Waals surface area contributed by atoms with Gasteiger partial charge in [0, 0.05) is 17.2 Å². The summed E-state index contributed by atoms with van der Waals surface area (Å²) in [5.74, 6) is 1.82. The number of rotatable bonds is 6. The zero-order valence-electron chi connectivity index (χ0n) is 10.9. The zero-order chi connectivity index (χ0) is 13.5. The van der Waals surface area contributed by atoms with Crippen molar-refractivity contribution >= 4 is 21.7 Å². The van der Waals surface area contributed by atoms with Gasteiger partial charge in [-0.1, -0.05) is 18.2 Å². The lowest BCUT2D eigenvalue weighted by molar-refractivity contribution is 0.315. The fourth-order valence-corrected chi connectivity index (χ4v) is 1.85. The summed E-state index contributed by atoms with van der Waals surface area (Å²) in [5.41, 5.74) is 1.18. The molecule has 3 nitrogen and oxygen atoms in total. The maximum Gasteiger partial charge on any atom is 0.126 e. The number of pyridine rings is 1. The average Bonchev–Trinajstić information content (AvgIpc) is 2.43. The fourth-order valence-electron chi connectivity index (χ4n) is 1.63. The molecule has 0 radical (unpaired) electrons. The molecule has 2 rings (SSSR count). The van der Waals surface area contributed by atoms with E-state index in [2.05, 4.69) is 33.2 Å². The standard InChI is InChI=1S/C15H17BrN2O/c1-12-10-15(18-11-14(12)16)17-8-5-9-19-13-6-3-2-4-7-13/h2-4,6-7,10-11H,5,8-9H2,1H3,(H,17,18). The molecule has 1 aromatic heterocycles. The first-order valence-electron chi connectivity index (χ1n) is 6.29. The summed E-state index contributed by atoms with van der Waals surface area (Å²) < 4.78 is 6.65. The molecule has 0 saturated heterocycles. The predicted octanol–water partition coefficient (Wildman–Crippen LogP) is 4.03. The second kappa shape index (κ2) is 7.14. The number of nitrogens with zero attached hydrogens (tertiary/aromatic N) is 1. The Morgan fingerprint density at radius 3 is 2.79 bits per heavy atom. The molecule has 0 fully saturated rings. The van der Waals surface area contributed by atoms with Crippen LogP contribution in [0.2, 0.25) is 0 Å². The lowest BCUT2D eigenvalue weighted by atomic mass is 10.3. The Labute approximate surface area is 122 Å². The van der Waals surface area contributed by atoms with Gasteiger partial charge in [0.2, 0.25) is 0 Å². The molecule has 0 aliphatic carbocycles. The smallest absolute Gasteiger partial charge is 0.126 e. The van der Waals surface area contributed by atoms with E-state index in [0.717, 1.165) is 29.0 Å². The van der Waals surface area contributed by atoms with E-state index in [1.807, 2.05) is 42.6 Å². The van der Waals surface area contributed by atoms with Crippen LogP contribution in [0.25, 0.3) is 0 Å². The summed E-state index contributed by atoms with van der Waals surface area (Å²) in [6.45, 7) is 3.60. The van der Waals surface area contributed by atoms with Crippen molar-refractivity contribution in [1.82, 2.24) is 4.98 Å². The van der Waals surface area contributed by atoms with Gasteiger partial charge in [0.15, 0.2) is 0 Å². The van der Waals surface area contributed by atoms with Crippen LogP contribution in [0.1, 0.15) is 12.0 Å².